The SMILES string of the molecule is O=CN(CCN1CCOCC1)[C@H]1CCS(=O)(=O)C1. The summed E-state index contributed by atoms with van der Waals surface area (Å²) in [5.41, 5.74) is 0. The molecule has 0 radical (unpaired) electrons. The molecule has 0 spiro atoms. The van der Waals surface area contributed by atoms with Crippen molar-refractivity contribution in [1.82, 2.24) is 9.80 Å². The monoisotopic (exact) mass is 276 g/mol. The van der Waals surface area contributed by atoms with Crippen molar-refractivity contribution in [3.05, 3.63) is 0 Å². The van der Waals surface area contributed by atoms with E-state index in [-0.39, 0.29) is 17.5 Å². The molecule has 0 aromatic carbocycles. The molecule has 1 atom stereocenters. The Morgan fingerprint density at radius 3 is 2.61 bits per heavy atom. The van der Waals surface area contributed by atoms with Crippen LogP contribution in [0, 0.1) is 0 Å². The van der Waals surface area contributed by atoms with Crippen LogP contribution in [0.2, 0.25) is 0 Å². The van der Waals surface area contributed by atoms with Gasteiger partial charge in [0.15, 0.2) is 9.84 Å². The lowest BCUT2D eigenvalue weighted by Crippen LogP contribution is -2.44. The van der Waals surface area contributed by atoms with Gasteiger partial charge >= 0.3 is 0 Å². The van der Waals surface area contributed by atoms with E-state index in [1.807, 2.05) is 0 Å². The van der Waals surface area contributed by atoms with Crippen molar-refractivity contribution in [2.24, 2.45) is 0 Å². The number of nitrogens with zero attached hydrogens (tertiary/aromatic N) is 2. The summed E-state index contributed by atoms with van der Waals surface area (Å²) < 4.78 is 28.1. The average molecular weight is 276 g/mol. The fraction of sp³-hybridized carbons (Fsp3) is 0.909. The fourth-order valence-electron chi connectivity index (χ4n) is 2.44. The molecule has 0 aromatic rings. The zero-order valence-electron chi connectivity index (χ0n) is 10.5. The molecule has 2 heterocycles. The highest BCUT2D eigenvalue weighted by Crippen LogP contribution is 2.16. The van der Waals surface area contributed by atoms with Crippen molar-refractivity contribution in [2.45, 2.75) is 12.5 Å². The van der Waals surface area contributed by atoms with Crippen molar-refractivity contribution < 1.29 is 17.9 Å². The molecule has 2 aliphatic rings. The van der Waals surface area contributed by atoms with Crippen LogP contribution in [0.4, 0.5) is 0 Å². The maximum absolute atomic E-state index is 11.4. The van der Waals surface area contributed by atoms with Crippen molar-refractivity contribution >= 4 is 16.2 Å². The molecular weight excluding hydrogens is 256 g/mol. The van der Waals surface area contributed by atoms with Gasteiger partial charge in [-0.05, 0) is 6.42 Å². The van der Waals surface area contributed by atoms with Gasteiger partial charge in [-0.2, -0.15) is 0 Å². The quantitative estimate of drug-likeness (QED) is 0.600. The minimum absolute atomic E-state index is 0.120. The molecule has 0 N–H and O–H groups in total. The molecular formula is C11H20N2O4S. The summed E-state index contributed by atoms with van der Waals surface area (Å²) in [5, 5.41) is 0. The normalized spacial score (nSPS) is 28.1. The lowest BCUT2D eigenvalue weighted by Gasteiger charge is -2.30. The highest BCUT2D eigenvalue weighted by Gasteiger charge is 2.31. The van der Waals surface area contributed by atoms with Gasteiger partial charge in [-0.25, -0.2) is 8.42 Å². The van der Waals surface area contributed by atoms with Crippen LogP contribution in [0.3, 0.4) is 0 Å². The number of ether oxygens (including phenoxy) is 1. The number of rotatable bonds is 5. The molecule has 0 saturated carbocycles. The molecule has 2 fully saturated rings. The van der Waals surface area contributed by atoms with Gasteiger partial charge in [0.1, 0.15) is 0 Å². The number of carbonyl (C=O) groups excluding carboxylic acids is 1. The smallest absolute Gasteiger partial charge is 0.210 e. The average Bonchev–Trinajstić information content (AvgIpc) is 2.72. The van der Waals surface area contributed by atoms with E-state index in [1.54, 1.807) is 4.90 Å². The van der Waals surface area contributed by atoms with E-state index >= 15 is 0 Å². The largest absolute Gasteiger partial charge is 0.379 e. The summed E-state index contributed by atoms with van der Waals surface area (Å²) in [6, 6.07) is -0.131. The summed E-state index contributed by atoms with van der Waals surface area (Å²) in [7, 11) is -2.93. The lowest BCUT2D eigenvalue weighted by atomic mass is 10.2. The van der Waals surface area contributed by atoms with Crippen LogP contribution in [-0.2, 0) is 19.4 Å². The third kappa shape index (κ3) is 3.66. The number of carbonyl (C=O) groups is 1. The maximum atomic E-state index is 11.4. The molecule has 0 bridgehead atoms. The molecule has 2 saturated heterocycles. The third-order valence-corrected chi connectivity index (χ3v) is 5.34. The van der Waals surface area contributed by atoms with Crippen LogP contribution < -0.4 is 0 Å². The first-order valence-electron chi connectivity index (χ1n) is 6.32. The Balaban J connectivity index is 1.80. The molecule has 1 amide bonds. The number of hydrogen-bond donors (Lipinski definition) is 0. The second-order valence-corrected chi connectivity index (χ2v) is 7.08. The molecule has 2 rings (SSSR count). The number of amides is 1. The molecule has 6 nitrogen and oxygen atoms in total. The van der Waals surface area contributed by atoms with E-state index in [4.69, 9.17) is 4.74 Å². The first-order chi connectivity index (χ1) is 8.61. The van der Waals surface area contributed by atoms with Crippen molar-refractivity contribution in [2.75, 3.05) is 50.9 Å². The topological polar surface area (TPSA) is 66.9 Å². The van der Waals surface area contributed by atoms with E-state index < -0.39 is 9.84 Å². The minimum atomic E-state index is -2.93. The van der Waals surface area contributed by atoms with Crippen LogP contribution in [0.25, 0.3) is 0 Å². The molecule has 0 aliphatic carbocycles. The van der Waals surface area contributed by atoms with Crippen molar-refractivity contribution in [3.63, 3.8) is 0 Å². The summed E-state index contributed by atoms with van der Waals surface area (Å²) in [4.78, 5) is 14.9. The molecule has 2 aliphatic heterocycles. The van der Waals surface area contributed by atoms with Crippen LogP contribution in [0.5, 0.6) is 0 Å². The highest BCUT2D eigenvalue weighted by molar-refractivity contribution is 7.91. The Morgan fingerprint density at radius 1 is 1.33 bits per heavy atom. The van der Waals surface area contributed by atoms with Crippen LogP contribution >= 0.6 is 0 Å². The Bertz CT molecular complexity index is 379. The third-order valence-electron chi connectivity index (χ3n) is 3.59. The zero-order chi connectivity index (χ0) is 13.0. The standard InChI is InChI=1S/C11H20N2O4S/c14-10-13(11-1-8-18(15,16)9-11)3-2-12-4-6-17-7-5-12/h10-11H,1-9H2/t11-/m0/s1. The van der Waals surface area contributed by atoms with E-state index in [2.05, 4.69) is 4.90 Å². The van der Waals surface area contributed by atoms with Gasteiger partial charge in [-0.1, -0.05) is 0 Å². The molecule has 104 valence electrons. The lowest BCUT2D eigenvalue weighted by molar-refractivity contribution is -0.120. The second-order valence-electron chi connectivity index (χ2n) is 4.85. The maximum Gasteiger partial charge on any atom is 0.210 e. The van der Waals surface area contributed by atoms with Gasteiger partial charge in [0.25, 0.3) is 0 Å². The predicted octanol–water partition coefficient (Wildman–Crippen LogP) is -1.04. The zero-order valence-corrected chi connectivity index (χ0v) is 11.3. The van der Waals surface area contributed by atoms with Crippen molar-refractivity contribution in [3.8, 4) is 0 Å². The van der Waals surface area contributed by atoms with Crippen LogP contribution in [-0.4, -0.2) is 81.6 Å². The second kappa shape index (κ2) is 5.99. The van der Waals surface area contributed by atoms with E-state index in [0.29, 0.717) is 13.0 Å². The van der Waals surface area contributed by atoms with Gasteiger partial charge < -0.3 is 9.64 Å². The van der Waals surface area contributed by atoms with Gasteiger partial charge in [-0.3, -0.25) is 9.69 Å². The summed E-state index contributed by atoms with van der Waals surface area (Å²) in [6.07, 6.45) is 1.36. The first-order valence-corrected chi connectivity index (χ1v) is 8.14. The predicted molar refractivity (Wildman–Crippen MR) is 67.1 cm³/mol. The Kier molecular flexibility index (Phi) is 4.58. The molecule has 18 heavy (non-hydrogen) atoms. The van der Waals surface area contributed by atoms with Gasteiger partial charge in [-0.15, -0.1) is 0 Å². The van der Waals surface area contributed by atoms with Gasteiger partial charge in [0.2, 0.25) is 6.41 Å². The molecule has 0 unspecified atom stereocenters. The highest BCUT2D eigenvalue weighted by atomic mass is 32.2. The number of sulfone groups is 1. The fourth-order valence-corrected chi connectivity index (χ4v) is 4.18. The summed E-state index contributed by atoms with van der Waals surface area (Å²) >= 11 is 0. The van der Waals surface area contributed by atoms with Crippen LogP contribution in [0.1, 0.15) is 6.42 Å². The Hall–Kier alpha value is -0.660. The van der Waals surface area contributed by atoms with Gasteiger partial charge in [0.05, 0.1) is 24.7 Å². The molecule has 0 aromatic heterocycles. The first kappa shape index (κ1) is 13.8. The Labute approximate surface area is 108 Å². The number of hydrogen-bond acceptors (Lipinski definition) is 5. The summed E-state index contributed by atoms with van der Waals surface area (Å²) in [5.74, 6) is 0.328. The van der Waals surface area contributed by atoms with E-state index in [0.717, 1.165) is 39.3 Å². The van der Waals surface area contributed by atoms with Gasteiger partial charge in [0, 0.05) is 32.2 Å². The van der Waals surface area contributed by atoms with E-state index in [1.165, 1.54) is 0 Å². The minimum Gasteiger partial charge on any atom is -0.379 e. The Morgan fingerprint density at radius 2 is 2.06 bits per heavy atom. The van der Waals surface area contributed by atoms with Crippen molar-refractivity contribution in [1.29, 1.82) is 0 Å². The van der Waals surface area contributed by atoms with E-state index in [9.17, 15) is 13.2 Å². The van der Waals surface area contributed by atoms with Crippen LogP contribution in [0.15, 0.2) is 0 Å². The summed E-state index contributed by atoms with van der Waals surface area (Å²) in [6.45, 7) is 4.63. The number of morpholine rings is 1. The molecule has 7 heteroatoms.